The molecule has 1 fully saturated rings. The molecule has 2 rings (SSSR count). The van der Waals surface area contributed by atoms with Crippen LogP contribution in [0.4, 0.5) is 13.2 Å². The van der Waals surface area contributed by atoms with E-state index in [1.807, 2.05) is 0 Å². The van der Waals surface area contributed by atoms with Crippen molar-refractivity contribution in [3.05, 3.63) is 11.7 Å². The van der Waals surface area contributed by atoms with Crippen LogP contribution in [0.1, 0.15) is 44.3 Å². The predicted octanol–water partition coefficient (Wildman–Crippen LogP) is 2.59. The average molecular weight is 308 g/mol. The average Bonchev–Trinajstić information content (AvgIpc) is 2.86. The Bertz CT molecular complexity index is 477. The minimum absolute atomic E-state index is 0.232. The lowest BCUT2D eigenvalue weighted by Crippen LogP contribution is -2.35. The van der Waals surface area contributed by atoms with Gasteiger partial charge in [-0.25, -0.2) is 0 Å². The van der Waals surface area contributed by atoms with Crippen molar-refractivity contribution in [1.29, 1.82) is 0 Å². The molecule has 1 N–H and O–H groups in total. The number of rotatable bonds is 4. The van der Waals surface area contributed by atoms with Crippen LogP contribution >= 0.6 is 0 Å². The minimum Gasteiger partial charge on any atom is -0.383 e. The first-order chi connectivity index (χ1) is 9.77. The van der Waals surface area contributed by atoms with Crippen molar-refractivity contribution >= 4 is 0 Å². The first kappa shape index (κ1) is 16.2. The second-order valence-electron chi connectivity index (χ2n) is 5.67. The monoisotopic (exact) mass is 308 g/mol. The zero-order chi connectivity index (χ0) is 15.7. The molecule has 1 aromatic rings. The SMILES string of the molecule is COC1(c2noc(CC(O)C(F)(F)F)n2)CCCC(C)C1. The Kier molecular flexibility index (Phi) is 4.57. The maximum absolute atomic E-state index is 12.3. The van der Waals surface area contributed by atoms with Crippen LogP contribution in [-0.4, -0.2) is 34.6 Å². The number of ether oxygens (including phenoxy) is 1. The van der Waals surface area contributed by atoms with Crippen molar-refractivity contribution < 1.29 is 27.5 Å². The van der Waals surface area contributed by atoms with E-state index in [2.05, 4.69) is 17.1 Å². The number of hydrogen-bond acceptors (Lipinski definition) is 5. The van der Waals surface area contributed by atoms with Crippen LogP contribution in [-0.2, 0) is 16.8 Å². The van der Waals surface area contributed by atoms with Gasteiger partial charge in [-0.3, -0.25) is 0 Å². The van der Waals surface area contributed by atoms with Gasteiger partial charge in [0.2, 0.25) is 11.7 Å². The molecule has 0 saturated heterocycles. The van der Waals surface area contributed by atoms with E-state index in [-0.39, 0.29) is 11.7 Å². The number of methoxy groups -OCH3 is 1. The molecule has 1 heterocycles. The molecule has 0 aliphatic heterocycles. The Morgan fingerprint density at radius 3 is 2.81 bits per heavy atom. The minimum atomic E-state index is -4.70. The van der Waals surface area contributed by atoms with E-state index in [0.29, 0.717) is 18.8 Å². The van der Waals surface area contributed by atoms with E-state index >= 15 is 0 Å². The summed E-state index contributed by atoms with van der Waals surface area (Å²) in [5, 5.41) is 12.8. The lowest BCUT2D eigenvalue weighted by Gasteiger charge is -2.36. The van der Waals surface area contributed by atoms with Crippen molar-refractivity contribution in [2.45, 2.75) is 56.9 Å². The third kappa shape index (κ3) is 3.55. The van der Waals surface area contributed by atoms with Gasteiger partial charge in [0, 0.05) is 7.11 Å². The molecule has 21 heavy (non-hydrogen) atoms. The van der Waals surface area contributed by atoms with E-state index in [1.54, 1.807) is 7.11 Å². The normalized spacial score (nSPS) is 28.6. The summed E-state index contributed by atoms with van der Waals surface area (Å²) < 4.78 is 47.4. The number of halogens is 3. The van der Waals surface area contributed by atoms with Gasteiger partial charge in [-0.1, -0.05) is 18.5 Å². The van der Waals surface area contributed by atoms with Crippen molar-refractivity contribution in [2.24, 2.45) is 5.92 Å². The molecular weight excluding hydrogens is 289 g/mol. The Morgan fingerprint density at radius 2 is 2.24 bits per heavy atom. The molecule has 0 aromatic carbocycles. The summed E-state index contributed by atoms with van der Waals surface area (Å²) >= 11 is 0. The number of nitrogens with zero attached hydrogens (tertiary/aromatic N) is 2. The summed E-state index contributed by atoms with van der Waals surface area (Å²) in [6.07, 6.45) is -4.54. The lowest BCUT2D eigenvalue weighted by molar-refractivity contribution is -0.204. The molecule has 1 aromatic heterocycles. The van der Waals surface area contributed by atoms with Gasteiger partial charge in [-0.05, 0) is 25.2 Å². The fraction of sp³-hybridized carbons (Fsp3) is 0.846. The fourth-order valence-electron chi connectivity index (χ4n) is 2.79. The van der Waals surface area contributed by atoms with Gasteiger partial charge in [0.05, 0.1) is 6.42 Å². The molecule has 5 nitrogen and oxygen atoms in total. The number of aliphatic hydroxyl groups is 1. The molecule has 1 aliphatic carbocycles. The van der Waals surface area contributed by atoms with Gasteiger partial charge in [-0.2, -0.15) is 18.2 Å². The molecule has 0 spiro atoms. The molecular formula is C13H19F3N2O3. The Morgan fingerprint density at radius 1 is 1.52 bits per heavy atom. The zero-order valence-electron chi connectivity index (χ0n) is 12.0. The van der Waals surface area contributed by atoms with Crippen LogP contribution in [0.5, 0.6) is 0 Å². The molecule has 1 aliphatic rings. The van der Waals surface area contributed by atoms with Gasteiger partial charge in [0.15, 0.2) is 6.10 Å². The summed E-state index contributed by atoms with van der Waals surface area (Å²) in [7, 11) is 1.54. The second-order valence-corrected chi connectivity index (χ2v) is 5.67. The number of aromatic nitrogens is 2. The topological polar surface area (TPSA) is 68.4 Å². The van der Waals surface area contributed by atoms with Crippen molar-refractivity contribution in [2.75, 3.05) is 7.11 Å². The van der Waals surface area contributed by atoms with Crippen molar-refractivity contribution in [1.82, 2.24) is 10.1 Å². The highest BCUT2D eigenvalue weighted by atomic mass is 19.4. The second kappa shape index (κ2) is 5.92. The van der Waals surface area contributed by atoms with Crippen molar-refractivity contribution in [3.8, 4) is 0 Å². The first-order valence-corrected chi connectivity index (χ1v) is 6.90. The van der Waals surface area contributed by atoms with Gasteiger partial charge in [0.25, 0.3) is 0 Å². The fourth-order valence-corrected chi connectivity index (χ4v) is 2.79. The van der Waals surface area contributed by atoms with Crippen molar-refractivity contribution in [3.63, 3.8) is 0 Å². The number of aliphatic hydroxyl groups excluding tert-OH is 1. The van der Waals surface area contributed by atoms with Crippen LogP contribution in [0.15, 0.2) is 4.52 Å². The van der Waals surface area contributed by atoms with Gasteiger partial charge >= 0.3 is 6.18 Å². The molecule has 0 bridgehead atoms. The predicted molar refractivity (Wildman–Crippen MR) is 66.4 cm³/mol. The molecule has 0 radical (unpaired) electrons. The van der Waals surface area contributed by atoms with E-state index in [4.69, 9.17) is 14.4 Å². The van der Waals surface area contributed by atoms with E-state index in [9.17, 15) is 13.2 Å². The molecule has 8 heteroatoms. The first-order valence-electron chi connectivity index (χ1n) is 6.90. The third-order valence-corrected chi connectivity index (χ3v) is 3.97. The van der Waals surface area contributed by atoms with Crippen LogP contribution in [0.25, 0.3) is 0 Å². The molecule has 1 saturated carbocycles. The van der Waals surface area contributed by atoms with Gasteiger partial charge in [-0.15, -0.1) is 0 Å². The number of hydrogen-bond donors (Lipinski definition) is 1. The maximum Gasteiger partial charge on any atom is 0.414 e. The van der Waals surface area contributed by atoms with Crippen LogP contribution < -0.4 is 0 Å². The molecule has 120 valence electrons. The smallest absolute Gasteiger partial charge is 0.383 e. The van der Waals surface area contributed by atoms with Crippen LogP contribution in [0, 0.1) is 5.92 Å². The number of alkyl halides is 3. The summed E-state index contributed by atoms with van der Waals surface area (Å²) in [6, 6.07) is 0. The Labute approximate surface area is 120 Å². The maximum atomic E-state index is 12.3. The summed E-state index contributed by atoms with van der Waals surface area (Å²) in [5.41, 5.74) is -0.706. The highest BCUT2D eigenvalue weighted by molar-refractivity contribution is 5.04. The summed E-state index contributed by atoms with van der Waals surface area (Å²) in [4.78, 5) is 4.00. The quantitative estimate of drug-likeness (QED) is 0.926. The van der Waals surface area contributed by atoms with E-state index < -0.39 is 24.3 Å². The third-order valence-electron chi connectivity index (χ3n) is 3.97. The standard InChI is InChI=1S/C13H19F3N2O3/c1-8-4-3-5-12(7-8,20-2)11-17-10(21-18-11)6-9(19)13(14,15)16/h8-9,19H,3-7H2,1-2H3. The molecule has 3 atom stereocenters. The van der Waals surface area contributed by atoms with E-state index in [0.717, 1.165) is 12.8 Å². The molecule has 0 amide bonds. The summed E-state index contributed by atoms with van der Waals surface area (Å²) in [5.74, 6) is 0.451. The van der Waals surface area contributed by atoms with Crippen LogP contribution in [0.2, 0.25) is 0 Å². The van der Waals surface area contributed by atoms with Gasteiger partial charge in [0.1, 0.15) is 5.60 Å². The van der Waals surface area contributed by atoms with Gasteiger partial charge < -0.3 is 14.4 Å². The Hall–Kier alpha value is -1.15. The highest BCUT2D eigenvalue weighted by Crippen LogP contribution is 2.41. The zero-order valence-corrected chi connectivity index (χ0v) is 12.0. The van der Waals surface area contributed by atoms with Crippen LogP contribution in [0.3, 0.4) is 0 Å². The highest BCUT2D eigenvalue weighted by Gasteiger charge is 2.42. The van der Waals surface area contributed by atoms with E-state index in [1.165, 1.54) is 0 Å². The largest absolute Gasteiger partial charge is 0.414 e. The lowest BCUT2D eigenvalue weighted by atomic mass is 9.78. The Balaban J connectivity index is 2.14. The summed E-state index contributed by atoms with van der Waals surface area (Å²) in [6.45, 7) is 2.08. The molecule has 3 unspecified atom stereocenters.